The normalized spacial score (nSPS) is 23.7. The summed E-state index contributed by atoms with van der Waals surface area (Å²) in [6.45, 7) is 16.9. The molecule has 3 heterocycles. The highest BCUT2D eigenvalue weighted by atomic mass is 16.6. The van der Waals surface area contributed by atoms with E-state index in [1.807, 2.05) is 47.0 Å². The molecule has 0 bridgehead atoms. The van der Waals surface area contributed by atoms with Crippen LogP contribution in [0.2, 0.25) is 0 Å². The van der Waals surface area contributed by atoms with Gasteiger partial charge < -0.3 is 19.5 Å². The molecule has 0 aromatic heterocycles. The molecule has 7 nitrogen and oxygen atoms in total. The van der Waals surface area contributed by atoms with Crippen molar-refractivity contribution < 1.29 is 19.4 Å². The maximum absolute atomic E-state index is 12.4. The second-order valence-corrected chi connectivity index (χ2v) is 9.90. The third-order valence-electron chi connectivity index (χ3n) is 6.69. The number of hydrogen-bond donors (Lipinski definition) is 1. The Kier molecular flexibility index (Phi) is 10.8. The quantitative estimate of drug-likeness (QED) is 0.619. The summed E-state index contributed by atoms with van der Waals surface area (Å²) < 4.78 is 11.2. The van der Waals surface area contributed by atoms with Crippen LogP contribution in [-0.4, -0.2) is 78.4 Å². The molecule has 34 heavy (non-hydrogen) atoms. The van der Waals surface area contributed by atoms with E-state index in [2.05, 4.69) is 16.5 Å². The lowest BCUT2D eigenvalue weighted by molar-refractivity contribution is 0.00390. The Morgan fingerprint density at radius 1 is 1.24 bits per heavy atom. The second-order valence-electron chi connectivity index (χ2n) is 9.90. The van der Waals surface area contributed by atoms with Gasteiger partial charge in [-0.2, -0.15) is 0 Å². The number of rotatable bonds is 5. The van der Waals surface area contributed by atoms with Gasteiger partial charge in [0.2, 0.25) is 5.90 Å². The standard InChI is InChI=1S/C25H39N3O4.C2H6/c1-6-7-20-21(17-31-23(20)26-5)18-8-12-27(13-9-18)22(16-29)19-10-14-28(15-11-19)24(30)32-25(2,3)4;1-2/h6-7,17-19,22,29H,1,8-16H2,2-5H3;1-2H3/b20-7-,26-23?;. The maximum Gasteiger partial charge on any atom is 0.410 e. The van der Waals surface area contributed by atoms with E-state index in [0.717, 1.165) is 44.3 Å². The van der Waals surface area contributed by atoms with Crippen LogP contribution in [0.3, 0.4) is 0 Å². The summed E-state index contributed by atoms with van der Waals surface area (Å²) in [5, 5.41) is 10.2. The van der Waals surface area contributed by atoms with Crippen molar-refractivity contribution in [1.82, 2.24) is 9.80 Å². The molecule has 0 radical (unpaired) electrons. The summed E-state index contributed by atoms with van der Waals surface area (Å²) in [4.78, 5) is 20.8. The monoisotopic (exact) mass is 475 g/mol. The summed E-state index contributed by atoms with van der Waals surface area (Å²) in [5.41, 5.74) is 1.77. The van der Waals surface area contributed by atoms with Gasteiger partial charge in [-0.3, -0.25) is 9.89 Å². The Bertz CT molecular complexity index is 765. The maximum atomic E-state index is 12.4. The average Bonchev–Trinajstić information content (AvgIpc) is 3.23. The number of aliphatic imine (C=N–C) groups is 1. The average molecular weight is 476 g/mol. The number of allylic oxidation sites excluding steroid dienone is 2. The van der Waals surface area contributed by atoms with Crippen LogP contribution < -0.4 is 0 Å². The van der Waals surface area contributed by atoms with E-state index in [4.69, 9.17) is 9.47 Å². The first-order valence-corrected chi connectivity index (χ1v) is 12.8. The highest BCUT2D eigenvalue weighted by molar-refractivity contribution is 6.00. The molecule has 1 atom stereocenters. The number of amides is 1. The van der Waals surface area contributed by atoms with E-state index < -0.39 is 5.60 Å². The van der Waals surface area contributed by atoms with E-state index >= 15 is 0 Å². The molecule has 3 aliphatic heterocycles. The van der Waals surface area contributed by atoms with Crippen LogP contribution in [0.15, 0.2) is 41.1 Å². The van der Waals surface area contributed by atoms with Gasteiger partial charge in [0.15, 0.2) is 0 Å². The number of piperidine rings is 2. The highest BCUT2D eigenvalue weighted by Crippen LogP contribution is 2.36. The molecule has 1 amide bonds. The molecule has 2 fully saturated rings. The van der Waals surface area contributed by atoms with Gasteiger partial charge in [0.05, 0.1) is 12.9 Å². The predicted octanol–water partition coefficient (Wildman–Crippen LogP) is 4.79. The number of nitrogens with zero attached hydrogens (tertiary/aromatic N) is 3. The lowest BCUT2D eigenvalue weighted by atomic mass is 9.83. The number of aliphatic hydroxyl groups is 1. The summed E-state index contributed by atoms with van der Waals surface area (Å²) in [6, 6.07) is 0.140. The smallest absolute Gasteiger partial charge is 0.410 e. The number of ether oxygens (including phenoxy) is 2. The number of likely N-dealkylation sites (tertiary alicyclic amines) is 2. The second kappa shape index (κ2) is 13.1. The van der Waals surface area contributed by atoms with Gasteiger partial charge in [-0.15, -0.1) is 0 Å². The molecule has 7 heteroatoms. The Morgan fingerprint density at radius 2 is 1.85 bits per heavy atom. The zero-order valence-electron chi connectivity index (χ0n) is 22.0. The summed E-state index contributed by atoms with van der Waals surface area (Å²) in [6.07, 6.45) is 9.20. The minimum Gasteiger partial charge on any atom is -0.446 e. The van der Waals surface area contributed by atoms with Crippen molar-refractivity contribution >= 4 is 12.0 Å². The van der Waals surface area contributed by atoms with Crippen LogP contribution in [0.25, 0.3) is 0 Å². The van der Waals surface area contributed by atoms with Crippen molar-refractivity contribution in [2.75, 3.05) is 39.8 Å². The van der Waals surface area contributed by atoms with E-state index in [9.17, 15) is 9.90 Å². The van der Waals surface area contributed by atoms with Crippen LogP contribution in [0.1, 0.15) is 60.3 Å². The van der Waals surface area contributed by atoms with Gasteiger partial charge in [-0.1, -0.05) is 26.5 Å². The van der Waals surface area contributed by atoms with Crippen molar-refractivity contribution in [3.05, 3.63) is 36.1 Å². The SMILES string of the molecule is C=C/C=C1/C(C2CCN(C(CO)C3CCN(C(=O)OC(C)(C)C)CC3)CC2)=COC1=NC.CC. The van der Waals surface area contributed by atoms with Gasteiger partial charge >= 0.3 is 6.09 Å². The molecule has 0 aliphatic carbocycles. The molecular weight excluding hydrogens is 430 g/mol. The van der Waals surface area contributed by atoms with Crippen LogP contribution in [0.4, 0.5) is 4.79 Å². The fourth-order valence-corrected chi connectivity index (χ4v) is 5.04. The third kappa shape index (κ3) is 7.19. The summed E-state index contributed by atoms with van der Waals surface area (Å²) >= 11 is 0. The Labute approximate surface area is 206 Å². The van der Waals surface area contributed by atoms with E-state index in [1.165, 1.54) is 5.57 Å². The van der Waals surface area contributed by atoms with E-state index in [-0.39, 0.29) is 18.7 Å². The topological polar surface area (TPSA) is 74.6 Å². The first-order chi connectivity index (χ1) is 16.3. The molecule has 1 N–H and O–H groups in total. The van der Waals surface area contributed by atoms with Crippen LogP contribution in [-0.2, 0) is 9.47 Å². The van der Waals surface area contributed by atoms with Crippen molar-refractivity contribution in [3.63, 3.8) is 0 Å². The molecule has 3 aliphatic rings. The fourth-order valence-electron chi connectivity index (χ4n) is 5.04. The van der Waals surface area contributed by atoms with Gasteiger partial charge in [-0.25, -0.2) is 4.79 Å². The molecule has 0 spiro atoms. The molecule has 2 saturated heterocycles. The zero-order chi connectivity index (χ0) is 25.3. The minimum absolute atomic E-state index is 0.140. The molecule has 0 aromatic rings. The molecule has 0 aromatic carbocycles. The third-order valence-corrected chi connectivity index (χ3v) is 6.69. The van der Waals surface area contributed by atoms with Crippen LogP contribution in [0.5, 0.6) is 0 Å². The highest BCUT2D eigenvalue weighted by Gasteiger charge is 2.36. The number of hydrogen-bond acceptors (Lipinski definition) is 6. The van der Waals surface area contributed by atoms with Gasteiger partial charge in [0.25, 0.3) is 0 Å². The number of aliphatic hydroxyl groups excluding tert-OH is 1. The molecule has 3 rings (SSSR count). The first-order valence-electron chi connectivity index (χ1n) is 12.8. The van der Waals surface area contributed by atoms with Crippen LogP contribution >= 0.6 is 0 Å². The van der Waals surface area contributed by atoms with Crippen molar-refractivity contribution in [2.45, 2.75) is 71.9 Å². The minimum atomic E-state index is -0.476. The Morgan fingerprint density at radius 3 is 2.35 bits per heavy atom. The summed E-state index contributed by atoms with van der Waals surface area (Å²) in [7, 11) is 1.74. The Balaban J connectivity index is 0.00000199. The van der Waals surface area contributed by atoms with Gasteiger partial charge in [0, 0.05) is 37.3 Å². The first kappa shape index (κ1) is 28.1. The largest absolute Gasteiger partial charge is 0.446 e. The van der Waals surface area contributed by atoms with Crippen LogP contribution in [0, 0.1) is 11.8 Å². The summed E-state index contributed by atoms with van der Waals surface area (Å²) in [5.74, 6) is 1.47. The van der Waals surface area contributed by atoms with Crippen molar-refractivity contribution in [1.29, 1.82) is 0 Å². The Hall–Kier alpha value is -2.12. The zero-order valence-corrected chi connectivity index (χ0v) is 22.0. The number of carbonyl (C=O) groups is 1. The fraction of sp³-hybridized carbons (Fsp3) is 0.704. The lowest BCUT2D eigenvalue weighted by Crippen LogP contribution is -2.51. The predicted molar refractivity (Wildman–Crippen MR) is 138 cm³/mol. The lowest BCUT2D eigenvalue weighted by Gasteiger charge is -2.43. The van der Waals surface area contributed by atoms with Gasteiger partial charge in [0.1, 0.15) is 5.60 Å². The molecule has 1 unspecified atom stereocenters. The van der Waals surface area contributed by atoms with E-state index in [1.54, 1.807) is 18.0 Å². The van der Waals surface area contributed by atoms with Crippen molar-refractivity contribution in [3.8, 4) is 0 Å². The number of carbonyl (C=O) groups excluding carboxylic acids is 1. The molecule has 0 saturated carbocycles. The molecular formula is C27H45N3O4. The van der Waals surface area contributed by atoms with Crippen molar-refractivity contribution in [2.24, 2.45) is 16.8 Å². The van der Waals surface area contributed by atoms with Gasteiger partial charge in [-0.05, 0) is 77.5 Å². The van der Waals surface area contributed by atoms with E-state index in [0.29, 0.717) is 30.8 Å². The molecule has 192 valence electrons.